The van der Waals surface area contributed by atoms with Crippen LogP contribution >= 0.6 is 22.9 Å². The molecule has 1 atom stereocenters. The van der Waals surface area contributed by atoms with E-state index in [-0.39, 0.29) is 0 Å². The molecule has 0 amide bonds. The van der Waals surface area contributed by atoms with Crippen LogP contribution < -0.4 is 5.32 Å². The summed E-state index contributed by atoms with van der Waals surface area (Å²) in [5.74, 6) is 1.23. The molecule has 2 aromatic rings. The van der Waals surface area contributed by atoms with Gasteiger partial charge in [0.1, 0.15) is 0 Å². The zero-order chi connectivity index (χ0) is 15.1. The second kappa shape index (κ2) is 8.52. The van der Waals surface area contributed by atoms with Gasteiger partial charge in [0.05, 0.1) is 5.01 Å². The average Bonchev–Trinajstić information content (AvgIpc) is 2.91. The van der Waals surface area contributed by atoms with Crippen LogP contribution in [0.1, 0.15) is 24.4 Å². The number of nitrogens with zero attached hydrogens (tertiary/aromatic N) is 1. The van der Waals surface area contributed by atoms with Gasteiger partial charge in [-0.3, -0.25) is 0 Å². The number of hydrogen-bond acceptors (Lipinski definition) is 3. The molecule has 21 heavy (non-hydrogen) atoms. The maximum atomic E-state index is 6.09. The van der Waals surface area contributed by atoms with E-state index in [0.717, 1.165) is 31.0 Å². The highest BCUT2D eigenvalue weighted by molar-refractivity contribution is 7.09. The summed E-state index contributed by atoms with van der Waals surface area (Å²) < 4.78 is 0. The highest BCUT2D eigenvalue weighted by atomic mass is 35.5. The van der Waals surface area contributed by atoms with Gasteiger partial charge >= 0.3 is 0 Å². The zero-order valence-corrected chi connectivity index (χ0v) is 14.3. The largest absolute Gasteiger partial charge is 0.316 e. The van der Waals surface area contributed by atoms with Crippen LogP contribution in [-0.2, 0) is 12.8 Å². The van der Waals surface area contributed by atoms with Crippen molar-refractivity contribution in [3.8, 4) is 0 Å². The summed E-state index contributed by atoms with van der Waals surface area (Å²) in [7, 11) is 0. The van der Waals surface area contributed by atoms with Gasteiger partial charge in [-0.2, -0.15) is 0 Å². The van der Waals surface area contributed by atoms with E-state index in [0.29, 0.717) is 11.8 Å². The topological polar surface area (TPSA) is 24.9 Å². The van der Waals surface area contributed by atoms with Gasteiger partial charge in [-0.1, -0.05) is 37.6 Å². The lowest BCUT2D eigenvalue weighted by atomic mass is 9.96. The SMILES string of the molecule is CC(C)CNCC(Cc1cccc(Cl)c1)Cc1nccs1. The number of aromatic nitrogens is 1. The molecule has 0 saturated heterocycles. The molecule has 0 fully saturated rings. The molecule has 2 nitrogen and oxygen atoms in total. The van der Waals surface area contributed by atoms with E-state index < -0.39 is 0 Å². The number of halogens is 1. The van der Waals surface area contributed by atoms with Crippen LogP contribution in [0.25, 0.3) is 0 Å². The molecule has 114 valence electrons. The van der Waals surface area contributed by atoms with E-state index in [4.69, 9.17) is 11.6 Å². The first-order valence-electron chi connectivity index (χ1n) is 7.47. The highest BCUT2D eigenvalue weighted by Gasteiger charge is 2.13. The second-order valence-corrected chi connectivity index (χ2v) is 7.30. The molecule has 0 aliphatic rings. The van der Waals surface area contributed by atoms with Crippen molar-refractivity contribution in [2.24, 2.45) is 11.8 Å². The van der Waals surface area contributed by atoms with Crippen LogP contribution in [-0.4, -0.2) is 18.1 Å². The third kappa shape index (κ3) is 6.16. The van der Waals surface area contributed by atoms with Gasteiger partial charge < -0.3 is 5.32 Å². The summed E-state index contributed by atoms with van der Waals surface area (Å²) in [5, 5.41) is 7.66. The van der Waals surface area contributed by atoms with Crippen molar-refractivity contribution >= 4 is 22.9 Å². The van der Waals surface area contributed by atoms with Crippen LogP contribution in [0, 0.1) is 11.8 Å². The molecular weight excluding hydrogens is 300 g/mol. The monoisotopic (exact) mass is 322 g/mol. The van der Waals surface area contributed by atoms with Gasteiger partial charge in [0, 0.05) is 23.0 Å². The summed E-state index contributed by atoms with van der Waals surface area (Å²) >= 11 is 7.83. The van der Waals surface area contributed by atoms with Crippen molar-refractivity contribution in [3.05, 3.63) is 51.4 Å². The van der Waals surface area contributed by atoms with Gasteiger partial charge in [0.2, 0.25) is 0 Å². The maximum Gasteiger partial charge on any atom is 0.0928 e. The molecule has 1 heterocycles. The Morgan fingerprint density at radius 3 is 2.76 bits per heavy atom. The minimum atomic E-state index is 0.549. The summed E-state index contributed by atoms with van der Waals surface area (Å²) in [6, 6.07) is 8.18. The Morgan fingerprint density at radius 2 is 2.10 bits per heavy atom. The lowest BCUT2D eigenvalue weighted by molar-refractivity contribution is 0.445. The molecular formula is C17H23ClN2S. The number of nitrogens with one attached hydrogen (secondary N) is 1. The quantitative estimate of drug-likeness (QED) is 0.777. The fourth-order valence-electron chi connectivity index (χ4n) is 2.39. The number of rotatable bonds is 8. The van der Waals surface area contributed by atoms with Crippen molar-refractivity contribution in [1.82, 2.24) is 10.3 Å². The van der Waals surface area contributed by atoms with Gasteiger partial charge in [-0.25, -0.2) is 4.98 Å². The Kier molecular flexibility index (Phi) is 6.68. The third-order valence-corrected chi connectivity index (χ3v) is 4.38. The van der Waals surface area contributed by atoms with Gasteiger partial charge in [-0.05, 0) is 49.0 Å². The summed E-state index contributed by atoms with van der Waals surface area (Å²) in [4.78, 5) is 4.42. The molecule has 0 aliphatic heterocycles. The zero-order valence-electron chi connectivity index (χ0n) is 12.7. The second-order valence-electron chi connectivity index (χ2n) is 5.88. The predicted molar refractivity (Wildman–Crippen MR) is 92.2 cm³/mol. The Morgan fingerprint density at radius 1 is 1.24 bits per heavy atom. The van der Waals surface area contributed by atoms with E-state index in [2.05, 4.69) is 36.3 Å². The Hall–Kier alpha value is -0.900. The van der Waals surface area contributed by atoms with Crippen molar-refractivity contribution in [2.75, 3.05) is 13.1 Å². The minimum Gasteiger partial charge on any atom is -0.316 e. The number of benzene rings is 1. The molecule has 0 radical (unpaired) electrons. The molecule has 1 unspecified atom stereocenters. The molecule has 0 saturated carbocycles. The fourth-order valence-corrected chi connectivity index (χ4v) is 3.34. The molecule has 1 aromatic carbocycles. The van der Waals surface area contributed by atoms with Crippen LogP contribution in [0.3, 0.4) is 0 Å². The lowest BCUT2D eigenvalue weighted by Crippen LogP contribution is -2.28. The van der Waals surface area contributed by atoms with E-state index >= 15 is 0 Å². The van der Waals surface area contributed by atoms with Crippen LogP contribution in [0.4, 0.5) is 0 Å². The molecule has 4 heteroatoms. The number of hydrogen-bond donors (Lipinski definition) is 1. The van der Waals surface area contributed by atoms with Crippen molar-refractivity contribution in [3.63, 3.8) is 0 Å². The first-order valence-corrected chi connectivity index (χ1v) is 8.72. The smallest absolute Gasteiger partial charge is 0.0928 e. The van der Waals surface area contributed by atoms with Crippen molar-refractivity contribution in [1.29, 1.82) is 0 Å². The third-order valence-electron chi connectivity index (χ3n) is 3.35. The molecule has 1 N–H and O–H groups in total. The van der Waals surface area contributed by atoms with E-state index in [1.807, 2.05) is 23.7 Å². The normalized spacial score (nSPS) is 12.8. The van der Waals surface area contributed by atoms with E-state index in [1.165, 1.54) is 10.6 Å². The van der Waals surface area contributed by atoms with Gasteiger partial charge in [0.25, 0.3) is 0 Å². The van der Waals surface area contributed by atoms with Crippen molar-refractivity contribution < 1.29 is 0 Å². The summed E-state index contributed by atoms with van der Waals surface area (Å²) in [6.07, 6.45) is 3.94. The van der Waals surface area contributed by atoms with Crippen LogP contribution in [0.5, 0.6) is 0 Å². The van der Waals surface area contributed by atoms with E-state index in [9.17, 15) is 0 Å². The highest BCUT2D eigenvalue weighted by Crippen LogP contribution is 2.18. The fraction of sp³-hybridized carbons (Fsp3) is 0.471. The number of thiazole rings is 1. The molecule has 0 spiro atoms. The first-order chi connectivity index (χ1) is 10.1. The molecule has 0 bridgehead atoms. The van der Waals surface area contributed by atoms with Gasteiger partial charge in [-0.15, -0.1) is 11.3 Å². The first kappa shape index (κ1) is 16.5. The molecule has 0 aliphatic carbocycles. The Bertz CT molecular complexity index is 525. The predicted octanol–water partition coefficient (Wildman–Crippen LogP) is 4.44. The average molecular weight is 323 g/mol. The standard InChI is InChI=1S/C17H23ClN2S/c1-13(2)11-19-12-15(10-17-20-6-7-21-17)8-14-4-3-5-16(18)9-14/h3-7,9,13,15,19H,8,10-12H2,1-2H3. The van der Waals surface area contributed by atoms with Crippen LogP contribution in [0.2, 0.25) is 5.02 Å². The van der Waals surface area contributed by atoms with Crippen LogP contribution in [0.15, 0.2) is 35.8 Å². The maximum absolute atomic E-state index is 6.09. The molecule has 1 aromatic heterocycles. The Balaban J connectivity index is 1.96. The summed E-state index contributed by atoms with van der Waals surface area (Å²) in [5.41, 5.74) is 1.30. The molecule has 2 rings (SSSR count). The Labute approximate surface area is 136 Å². The summed E-state index contributed by atoms with van der Waals surface area (Å²) in [6.45, 7) is 6.55. The van der Waals surface area contributed by atoms with Crippen molar-refractivity contribution in [2.45, 2.75) is 26.7 Å². The minimum absolute atomic E-state index is 0.549. The lowest BCUT2D eigenvalue weighted by Gasteiger charge is -2.18. The van der Waals surface area contributed by atoms with E-state index in [1.54, 1.807) is 11.3 Å². The van der Waals surface area contributed by atoms with Gasteiger partial charge in [0.15, 0.2) is 0 Å².